The van der Waals surface area contributed by atoms with Gasteiger partial charge in [-0.1, -0.05) is 23.7 Å². The first-order valence-corrected chi connectivity index (χ1v) is 8.96. The van der Waals surface area contributed by atoms with Gasteiger partial charge in [-0.15, -0.1) is 0 Å². The second-order valence-electron chi connectivity index (χ2n) is 6.19. The summed E-state index contributed by atoms with van der Waals surface area (Å²) >= 11 is 6.33. The van der Waals surface area contributed by atoms with Crippen LogP contribution in [-0.4, -0.2) is 20.8 Å². The van der Waals surface area contributed by atoms with E-state index in [1.165, 1.54) is 24.3 Å². The van der Waals surface area contributed by atoms with Crippen LogP contribution in [0.4, 0.5) is 11.4 Å². The number of carbonyl (C=O) groups is 1. The van der Waals surface area contributed by atoms with Crippen molar-refractivity contribution in [2.45, 2.75) is 0 Å². The molecule has 0 spiro atoms. The summed E-state index contributed by atoms with van der Waals surface area (Å²) < 4.78 is 0. The Bertz CT molecular complexity index is 1230. The smallest absolute Gasteiger partial charge is 0.269 e. The molecule has 1 amide bonds. The minimum absolute atomic E-state index is 0.0517. The number of pyridine rings is 2. The van der Waals surface area contributed by atoms with Crippen LogP contribution >= 0.6 is 11.6 Å². The van der Waals surface area contributed by atoms with Crippen molar-refractivity contribution in [3.8, 4) is 11.3 Å². The molecule has 0 aliphatic rings. The molecule has 0 unspecified atom stereocenters. The van der Waals surface area contributed by atoms with E-state index in [4.69, 9.17) is 11.6 Å². The molecule has 2 aromatic heterocycles. The fourth-order valence-electron chi connectivity index (χ4n) is 2.94. The predicted molar refractivity (Wildman–Crippen MR) is 111 cm³/mol. The first kappa shape index (κ1) is 18.5. The SMILES string of the molecule is O=C(Nc1ccc([N+](=O)[O-])cc1)c1cc(-c2ccncc2)nc2c(Cl)cccc12. The summed E-state index contributed by atoms with van der Waals surface area (Å²) in [6.45, 7) is 0. The highest BCUT2D eigenvalue weighted by atomic mass is 35.5. The number of anilines is 1. The Balaban J connectivity index is 1.78. The number of fused-ring (bicyclic) bond motifs is 1. The van der Waals surface area contributed by atoms with Gasteiger partial charge in [0.15, 0.2) is 0 Å². The molecule has 7 nitrogen and oxygen atoms in total. The van der Waals surface area contributed by atoms with Crippen molar-refractivity contribution < 1.29 is 9.72 Å². The number of aromatic nitrogens is 2. The van der Waals surface area contributed by atoms with Crippen LogP contribution in [0.5, 0.6) is 0 Å². The Morgan fingerprint density at radius 2 is 1.76 bits per heavy atom. The molecule has 0 aliphatic carbocycles. The molecule has 2 heterocycles. The highest BCUT2D eigenvalue weighted by Crippen LogP contribution is 2.29. The van der Waals surface area contributed by atoms with E-state index in [0.717, 1.165) is 5.56 Å². The number of nitro groups is 1. The van der Waals surface area contributed by atoms with Gasteiger partial charge >= 0.3 is 0 Å². The molecule has 142 valence electrons. The number of hydrogen-bond donors (Lipinski definition) is 1. The van der Waals surface area contributed by atoms with E-state index in [0.29, 0.717) is 32.9 Å². The van der Waals surface area contributed by atoms with Gasteiger partial charge in [0.25, 0.3) is 11.6 Å². The second kappa shape index (κ2) is 7.65. The first-order chi connectivity index (χ1) is 14.0. The van der Waals surface area contributed by atoms with Gasteiger partial charge in [0.1, 0.15) is 0 Å². The van der Waals surface area contributed by atoms with Crippen molar-refractivity contribution in [3.63, 3.8) is 0 Å². The van der Waals surface area contributed by atoms with Crippen molar-refractivity contribution in [2.24, 2.45) is 0 Å². The monoisotopic (exact) mass is 404 g/mol. The van der Waals surface area contributed by atoms with E-state index >= 15 is 0 Å². The maximum atomic E-state index is 13.0. The number of nitrogens with zero attached hydrogens (tertiary/aromatic N) is 3. The zero-order valence-corrected chi connectivity index (χ0v) is 15.6. The molecule has 0 fully saturated rings. The highest BCUT2D eigenvalue weighted by molar-refractivity contribution is 6.35. The lowest BCUT2D eigenvalue weighted by atomic mass is 10.0. The fourth-order valence-corrected chi connectivity index (χ4v) is 3.15. The van der Waals surface area contributed by atoms with Crippen LogP contribution in [0.3, 0.4) is 0 Å². The number of hydrogen-bond acceptors (Lipinski definition) is 5. The maximum absolute atomic E-state index is 13.0. The van der Waals surface area contributed by atoms with E-state index in [9.17, 15) is 14.9 Å². The van der Waals surface area contributed by atoms with Gasteiger partial charge in [-0.3, -0.25) is 19.9 Å². The molecule has 8 heteroatoms. The fraction of sp³-hybridized carbons (Fsp3) is 0. The van der Waals surface area contributed by atoms with Crippen molar-refractivity contribution in [1.82, 2.24) is 9.97 Å². The Labute approximate surface area is 170 Å². The molecule has 0 atom stereocenters. The number of halogens is 1. The maximum Gasteiger partial charge on any atom is 0.269 e. The Morgan fingerprint density at radius 3 is 2.45 bits per heavy atom. The quantitative estimate of drug-likeness (QED) is 0.376. The normalized spacial score (nSPS) is 10.7. The van der Waals surface area contributed by atoms with E-state index < -0.39 is 4.92 Å². The van der Waals surface area contributed by atoms with E-state index in [1.807, 2.05) is 0 Å². The van der Waals surface area contributed by atoms with Gasteiger partial charge in [-0.2, -0.15) is 0 Å². The van der Waals surface area contributed by atoms with Crippen molar-refractivity contribution >= 4 is 39.8 Å². The summed E-state index contributed by atoms with van der Waals surface area (Å²) in [4.78, 5) is 31.9. The average molecular weight is 405 g/mol. The number of para-hydroxylation sites is 1. The average Bonchev–Trinajstić information content (AvgIpc) is 2.74. The number of non-ortho nitro benzene ring substituents is 1. The number of benzene rings is 2. The minimum atomic E-state index is -0.495. The lowest BCUT2D eigenvalue weighted by Gasteiger charge is -2.11. The lowest BCUT2D eigenvalue weighted by Crippen LogP contribution is -2.13. The van der Waals surface area contributed by atoms with E-state index in [1.54, 1.807) is 48.8 Å². The molecular weight excluding hydrogens is 392 g/mol. The number of amides is 1. The number of nitro benzene ring substituents is 1. The molecule has 4 aromatic rings. The molecule has 0 saturated heterocycles. The van der Waals surface area contributed by atoms with Gasteiger partial charge in [-0.25, -0.2) is 4.98 Å². The van der Waals surface area contributed by atoms with Crippen LogP contribution in [0.1, 0.15) is 10.4 Å². The molecule has 0 aliphatic heterocycles. The van der Waals surface area contributed by atoms with E-state index in [-0.39, 0.29) is 11.6 Å². The number of nitrogens with one attached hydrogen (secondary N) is 1. The van der Waals surface area contributed by atoms with Gasteiger partial charge in [0, 0.05) is 41.2 Å². The summed E-state index contributed by atoms with van der Waals surface area (Å²) in [5.74, 6) is -0.371. The number of rotatable bonds is 4. The van der Waals surface area contributed by atoms with Crippen molar-refractivity contribution in [3.05, 3.63) is 93.8 Å². The topological polar surface area (TPSA) is 98.0 Å². The second-order valence-corrected chi connectivity index (χ2v) is 6.59. The van der Waals surface area contributed by atoms with Gasteiger partial charge in [0.2, 0.25) is 0 Å². The summed E-state index contributed by atoms with van der Waals surface area (Å²) in [6.07, 6.45) is 3.29. The Morgan fingerprint density at radius 1 is 1.03 bits per heavy atom. The summed E-state index contributed by atoms with van der Waals surface area (Å²) in [6, 6.07) is 16.1. The third-order valence-corrected chi connectivity index (χ3v) is 4.65. The standard InChI is InChI=1S/C21H13ClN4O3/c22-18-3-1-2-16-17(12-19(25-20(16)18)13-8-10-23-11-9-13)21(27)24-14-4-6-15(7-5-14)26(28)29/h1-12H,(H,24,27). The van der Waals surface area contributed by atoms with Gasteiger partial charge in [-0.05, 0) is 36.4 Å². The Hall–Kier alpha value is -3.84. The minimum Gasteiger partial charge on any atom is -0.322 e. The Kier molecular flexibility index (Phi) is 4.88. The van der Waals surface area contributed by atoms with Crippen molar-refractivity contribution in [2.75, 3.05) is 5.32 Å². The van der Waals surface area contributed by atoms with Crippen LogP contribution in [0.15, 0.2) is 73.1 Å². The third kappa shape index (κ3) is 3.76. The first-order valence-electron chi connectivity index (χ1n) is 8.58. The zero-order valence-electron chi connectivity index (χ0n) is 14.9. The van der Waals surface area contributed by atoms with Crippen LogP contribution < -0.4 is 5.32 Å². The molecule has 0 radical (unpaired) electrons. The highest BCUT2D eigenvalue weighted by Gasteiger charge is 2.16. The molecule has 29 heavy (non-hydrogen) atoms. The molecule has 1 N–H and O–H groups in total. The third-order valence-electron chi connectivity index (χ3n) is 4.35. The van der Waals surface area contributed by atoms with Crippen LogP contribution in [-0.2, 0) is 0 Å². The molecule has 0 bridgehead atoms. The van der Waals surface area contributed by atoms with Crippen LogP contribution in [0.25, 0.3) is 22.2 Å². The molecule has 0 saturated carbocycles. The lowest BCUT2D eigenvalue weighted by molar-refractivity contribution is -0.384. The zero-order chi connectivity index (χ0) is 20.4. The van der Waals surface area contributed by atoms with Gasteiger partial charge in [0.05, 0.1) is 26.7 Å². The number of carbonyl (C=O) groups excluding carboxylic acids is 1. The van der Waals surface area contributed by atoms with Crippen molar-refractivity contribution in [1.29, 1.82) is 0 Å². The van der Waals surface area contributed by atoms with Crippen LogP contribution in [0, 0.1) is 10.1 Å². The molecule has 2 aromatic carbocycles. The predicted octanol–water partition coefficient (Wildman–Crippen LogP) is 5.11. The summed E-state index contributed by atoms with van der Waals surface area (Å²) in [7, 11) is 0. The van der Waals surface area contributed by atoms with Gasteiger partial charge < -0.3 is 5.32 Å². The van der Waals surface area contributed by atoms with E-state index in [2.05, 4.69) is 15.3 Å². The van der Waals surface area contributed by atoms with Crippen LogP contribution in [0.2, 0.25) is 5.02 Å². The summed E-state index contributed by atoms with van der Waals surface area (Å²) in [5.41, 5.74) is 2.68. The summed E-state index contributed by atoms with van der Waals surface area (Å²) in [5, 5.41) is 14.6. The largest absolute Gasteiger partial charge is 0.322 e. The molecule has 4 rings (SSSR count). The molecular formula is C21H13ClN4O3.